The number of nitrogens with one attached hydrogen (secondary N) is 1. The number of carboxylic acid groups (broad SMARTS) is 1. The van der Waals surface area contributed by atoms with E-state index in [-0.39, 0.29) is 29.3 Å². The van der Waals surface area contributed by atoms with Crippen molar-refractivity contribution < 1.29 is 24.4 Å². The number of thiazole rings is 1. The first-order chi connectivity index (χ1) is 15.0. The van der Waals surface area contributed by atoms with Crippen LogP contribution < -0.4 is 9.97 Å². The predicted octanol–water partition coefficient (Wildman–Crippen LogP) is 3.32. The van der Waals surface area contributed by atoms with Gasteiger partial charge >= 0.3 is 13.1 Å². The summed E-state index contributed by atoms with van der Waals surface area (Å²) in [5, 5.41) is 26.3. The first kappa shape index (κ1) is 22.0. The Hall–Kier alpha value is -2.23. The maximum atomic E-state index is 12.7. The molecule has 164 valence electrons. The summed E-state index contributed by atoms with van der Waals surface area (Å²) < 4.78 is 5.51. The van der Waals surface area contributed by atoms with Crippen LogP contribution in [0.3, 0.4) is 0 Å². The minimum Gasteiger partial charge on any atom is -0.535 e. The van der Waals surface area contributed by atoms with Crippen LogP contribution >= 0.6 is 11.3 Å². The maximum Gasteiger partial charge on any atom is 0.526 e. The number of fused-ring (bicyclic) bond motifs is 1. The van der Waals surface area contributed by atoms with Crippen LogP contribution in [-0.2, 0) is 17.8 Å². The van der Waals surface area contributed by atoms with Gasteiger partial charge in [0.25, 0.3) is 0 Å². The van der Waals surface area contributed by atoms with E-state index in [2.05, 4.69) is 10.3 Å². The van der Waals surface area contributed by atoms with Crippen molar-refractivity contribution in [1.29, 1.82) is 0 Å². The van der Waals surface area contributed by atoms with Crippen LogP contribution in [0.15, 0.2) is 29.8 Å². The van der Waals surface area contributed by atoms with Gasteiger partial charge in [-0.25, -0.2) is 9.78 Å². The zero-order valence-electron chi connectivity index (χ0n) is 17.3. The first-order valence-corrected chi connectivity index (χ1v) is 11.7. The number of para-hydroxylation sites is 1. The van der Waals surface area contributed by atoms with Gasteiger partial charge in [-0.3, -0.25) is 4.79 Å². The van der Waals surface area contributed by atoms with E-state index in [1.807, 2.05) is 11.6 Å². The van der Waals surface area contributed by atoms with Crippen LogP contribution in [0.2, 0.25) is 5.82 Å². The molecular weight excluding hydrogens is 415 g/mol. The number of carbonyl (C=O) groups excluding carboxylic acids is 1. The van der Waals surface area contributed by atoms with E-state index in [1.165, 1.54) is 6.07 Å². The zero-order chi connectivity index (χ0) is 21.8. The van der Waals surface area contributed by atoms with E-state index in [0.717, 1.165) is 42.8 Å². The summed E-state index contributed by atoms with van der Waals surface area (Å²) in [7, 11) is -1.16. The molecule has 1 aliphatic heterocycles. The molecule has 0 unspecified atom stereocenters. The van der Waals surface area contributed by atoms with Gasteiger partial charge in [0.05, 0.1) is 5.56 Å². The lowest BCUT2D eigenvalue weighted by Gasteiger charge is -2.30. The molecule has 1 aromatic carbocycles. The van der Waals surface area contributed by atoms with Crippen molar-refractivity contribution in [1.82, 2.24) is 10.3 Å². The van der Waals surface area contributed by atoms with Gasteiger partial charge in [-0.2, -0.15) is 0 Å². The Morgan fingerprint density at radius 1 is 1.23 bits per heavy atom. The molecule has 2 heterocycles. The smallest absolute Gasteiger partial charge is 0.526 e. The van der Waals surface area contributed by atoms with Gasteiger partial charge in [0.15, 0.2) is 0 Å². The van der Waals surface area contributed by atoms with Crippen molar-refractivity contribution in [3.05, 3.63) is 45.9 Å². The largest absolute Gasteiger partial charge is 0.535 e. The van der Waals surface area contributed by atoms with Gasteiger partial charge in [0, 0.05) is 42.8 Å². The molecular formula is C22H27BN2O5S. The van der Waals surface area contributed by atoms with Crippen LogP contribution in [0.25, 0.3) is 0 Å². The highest BCUT2D eigenvalue weighted by Crippen LogP contribution is 2.37. The summed E-state index contributed by atoms with van der Waals surface area (Å²) in [5.41, 5.74) is 0.774. The van der Waals surface area contributed by atoms with Crippen molar-refractivity contribution in [2.45, 2.75) is 63.3 Å². The number of Topliss-reactive ketones (excluding diaryl/α,β-unsaturated/α-hetero) is 1. The second-order valence-electron chi connectivity index (χ2n) is 8.54. The van der Waals surface area contributed by atoms with Crippen molar-refractivity contribution in [2.75, 3.05) is 0 Å². The Kier molecular flexibility index (Phi) is 7.04. The molecule has 1 saturated carbocycles. The quantitative estimate of drug-likeness (QED) is 0.538. The zero-order valence-corrected chi connectivity index (χ0v) is 18.1. The van der Waals surface area contributed by atoms with E-state index in [4.69, 9.17) is 4.65 Å². The number of hydrogen-bond donors (Lipinski definition) is 3. The molecule has 3 N–H and O–H groups in total. The fourth-order valence-corrected chi connectivity index (χ4v) is 5.23. The molecule has 4 rings (SSSR count). The van der Waals surface area contributed by atoms with Gasteiger partial charge in [0.1, 0.15) is 16.5 Å². The molecule has 7 nitrogen and oxygen atoms in total. The highest BCUT2D eigenvalue weighted by molar-refractivity contribution is 7.09. The summed E-state index contributed by atoms with van der Waals surface area (Å²) in [4.78, 5) is 28.3. The number of carboxylic acids is 1. The maximum absolute atomic E-state index is 12.7. The Morgan fingerprint density at radius 3 is 2.74 bits per heavy atom. The van der Waals surface area contributed by atoms with Crippen LogP contribution in [0, 0.1) is 5.92 Å². The molecule has 0 spiro atoms. The summed E-state index contributed by atoms with van der Waals surface area (Å²) >= 11 is 1.66. The van der Waals surface area contributed by atoms with Crippen molar-refractivity contribution in [2.24, 2.45) is 5.92 Å². The summed E-state index contributed by atoms with van der Waals surface area (Å²) in [6, 6.07) is 5.40. The third kappa shape index (κ3) is 5.53. The third-order valence-electron chi connectivity index (χ3n) is 6.33. The number of aromatic nitrogens is 1. The topological polar surface area (TPSA) is 109 Å². The highest BCUT2D eigenvalue weighted by atomic mass is 32.1. The minimum atomic E-state index is -1.16. The van der Waals surface area contributed by atoms with E-state index in [9.17, 15) is 19.7 Å². The Bertz CT molecular complexity index is 915. The monoisotopic (exact) mass is 442 g/mol. The normalized spacial score (nSPS) is 23.1. The van der Waals surface area contributed by atoms with E-state index < -0.39 is 13.1 Å². The lowest BCUT2D eigenvalue weighted by atomic mass is 9.64. The molecule has 1 atom stereocenters. The third-order valence-corrected chi connectivity index (χ3v) is 7.11. The molecule has 0 saturated heterocycles. The number of hydrogen-bond acceptors (Lipinski definition) is 7. The van der Waals surface area contributed by atoms with Gasteiger partial charge < -0.3 is 20.1 Å². The molecule has 1 aliphatic carbocycles. The van der Waals surface area contributed by atoms with E-state index >= 15 is 0 Å². The number of carbonyl (C=O) groups is 2. The molecule has 1 fully saturated rings. The number of benzene rings is 1. The number of rotatable bonds is 8. The predicted molar refractivity (Wildman–Crippen MR) is 118 cm³/mol. The summed E-state index contributed by atoms with van der Waals surface area (Å²) in [6.07, 6.45) is 7.21. The fraction of sp³-hybridized carbons (Fsp3) is 0.500. The number of nitrogens with zero attached hydrogens (tertiary/aromatic N) is 1. The molecule has 31 heavy (non-hydrogen) atoms. The van der Waals surface area contributed by atoms with Gasteiger partial charge in [-0.05, 0) is 49.7 Å². The molecule has 0 bridgehead atoms. The molecule has 0 radical (unpaired) electrons. The average molecular weight is 442 g/mol. The van der Waals surface area contributed by atoms with Crippen LogP contribution in [0.1, 0.15) is 59.5 Å². The van der Waals surface area contributed by atoms with E-state index in [0.29, 0.717) is 24.8 Å². The Labute approximate surface area is 186 Å². The summed E-state index contributed by atoms with van der Waals surface area (Å²) in [6.45, 7) is 0.802. The van der Waals surface area contributed by atoms with Crippen molar-refractivity contribution in [3.63, 3.8) is 0 Å². The second-order valence-corrected chi connectivity index (χ2v) is 9.52. The lowest BCUT2D eigenvalue weighted by molar-refractivity contribution is -0.120. The van der Waals surface area contributed by atoms with Gasteiger partial charge in [-0.15, -0.1) is 11.3 Å². The molecule has 2 aliphatic rings. The summed E-state index contributed by atoms with van der Waals surface area (Å²) in [5.74, 6) is -0.687. The number of ketones is 1. The van der Waals surface area contributed by atoms with E-state index in [1.54, 1.807) is 23.5 Å². The van der Waals surface area contributed by atoms with Gasteiger partial charge in [-0.1, -0.05) is 12.1 Å². The average Bonchev–Trinajstić information content (AvgIpc) is 3.27. The molecule has 0 amide bonds. The highest BCUT2D eigenvalue weighted by Gasteiger charge is 2.38. The van der Waals surface area contributed by atoms with Crippen LogP contribution in [-0.4, -0.2) is 40.0 Å². The van der Waals surface area contributed by atoms with Crippen molar-refractivity contribution in [3.8, 4) is 5.75 Å². The fourth-order valence-electron chi connectivity index (χ4n) is 4.67. The minimum absolute atomic E-state index is 0.0431. The standard InChI is InChI=1S/C22H27BN2O5S/c26-18(10-14-4-6-17(7-5-14)25-13-20-24-8-9-31-20)12-16-11-15-2-1-3-19(22(27)28)21(15)30-23(16)29/h1-3,8-9,14,16-17,25,29H,4-7,10-13H2,(H,27,28)/t14?,16-,17?/m1/s1. The SMILES string of the molecule is O=C(CC1CCC(NCc2nccs2)CC1)C[C@H]1Cc2cccc(C(=O)O)c2OB1O. The first-order valence-electron chi connectivity index (χ1n) is 10.8. The lowest BCUT2D eigenvalue weighted by Crippen LogP contribution is -2.36. The Balaban J connectivity index is 1.24. The Morgan fingerprint density at radius 2 is 2.03 bits per heavy atom. The molecule has 2 aromatic rings. The second kappa shape index (κ2) is 9.93. The molecule has 9 heteroatoms. The van der Waals surface area contributed by atoms with Gasteiger partial charge in [0.2, 0.25) is 0 Å². The van der Waals surface area contributed by atoms with Crippen LogP contribution in [0.4, 0.5) is 0 Å². The molecule has 1 aromatic heterocycles. The number of aromatic carboxylic acids is 1. The van der Waals surface area contributed by atoms with Crippen LogP contribution in [0.5, 0.6) is 5.75 Å². The van der Waals surface area contributed by atoms with Crippen molar-refractivity contribution >= 4 is 30.2 Å².